The molecule has 1 aromatic rings. The van der Waals surface area contributed by atoms with Crippen molar-refractivity contribution >= 4 is 11.9 Å². The van der Waals surface area contributed by atoms with Crippen LogP contribution in [0.25, 0.3) is 0 Å². The highest BCUT2D eigenvalue weighted by atomic mass is 16.4. The van der Waals surface area contributed by atoms with Crippen molar-refractivity contribution in [3.8, 4) is 0 Å². The Morgan fingerprint density at radius 1 is 1.22 bits per heavy atom. The number of unbranched alkanes of at least 4 members (excludes halogenated alkanes) is 2. The minimum atomic E-state index is -0.976. The van der Waals surface area contributed by atoms with Gasteiger partial charge in [-0.15, -0.1) is 0 Å². The van der Waals surface area contributed by atoms with E-state index < -0.39 is 12.0 Å². The van der Waals surface area contributed by atoms with Gasteiger partial charge in [-0.3, -0.25) is 4.79 Å². The van der Waals surface area contributed by atoms with Gasteiger partial charge in [0.15, 0.2) is 0 Å². The summed E-state index contributed by atoms with van der Waals surface area (Å²) in [7, 11) is 0. The highest BCUT2D eigenvalue weighted by Crippen LogP contribution is 2.05. The largest absolute Gasteiger partial charge is 0.480 e. The molecule has 0 spiro atoms. The highest BCUT2D eigenvalue weighted by molar-refractivity contribution is 5.96. The summed E-state index contributed by atoms with van der Waals surface area (Å²) in [5.74, 6) is -1.31. The summed E-state index contributed by atoms with van der Waals surface area (Å²) in [6, 6.07) is 7.85. The summed E-state index contributed by atoms with van der Waals surface area (Å²) in [4.78, 5) is 22.9. The van der Waals surface area contributed by atoms with Gasteiger partial charge < -0.3 is 10.4 Å². The number of hydrogen-bond donors (Lipinski definition) is 2. The lowest BCUT2D eigenvalue weighted by molar-refractivity contribution is -0.139. The lowest BCUT2D eigenvalue weighted by atomic mass is 10.1. The van der Waals surface area contributed by atoms with E-state index in [4.69, 9.17) is 5.11 Å². The zero-order valence-corrected chi connectivity index (χ0v) is 10.6. The number of amides is 1. The van der Waals surface area contributed by atoms with Crippen LogP contribution in [-0.2, 0) is 4.79 Å². The lowest BCUT2D eigenvalue weighted by Gasteiger charge is -2.14. The molecular weight excluding hydrogens is 230 g/mol. The fraction of sp³-hybridized carbons (Fsp3) is 0.429. The first-order chi connectivity index (χ1) is 8.65. The van der Waals surface area contributed by atoms with Crippen LogP contribution in [0.1, 0.15) is 43.0 Å². The molecule has 4 heteroatoms. The molecule has 0 fully saturated rings. The summed E-state index contributed by atoms with van der Waals surface area (Å²) in [6.07, 6.45) is 3.29. The summed E-state index contributed by atoms with van der Waals surface area (Å²) in [5.41, 5.74) is 0.485. The second-order valence-electron chi connectivity index (χ2n) is 4.23. The van der Waals surface area contributed by atoms with Crippen molar-refractivity contribution in [3.63, 3.8) is 0 Å². The molecule has 1 amide bonds. The number of carbonyl (C=O) groups excluding carboxylic acids is 1. The second-order valence-corrected chi connectivity index (χ2v) is 4.23. The summed E-state index contributed by atoms with van der Waals surface area (Å²) in [5, 5.41) is 11.6. The van der Waals surface area contributed by atoms with Crippen molar-refractivity contribution in [2.45, 2.75) is 38.6 Å². The molecule has 0 saturated carbocycles. The molecule has 1 rings (SSSR count). The van der Waals surface area contributed by atoms with Crippen LogP contribution in [0.3, 0.4) is 0 Å². The molecule has 0 aliphatic heterocycles. The van der Waals surface area contributed by atoms with Crippen LogP contribution in [0.5, 0.6) is 0 Å². The fourth-order valence-electron chi connectivity index (χ4n) is 1.69. The normalized spacial score (nSPS) is 11.8. The first-order valence-corrected chi connectivity index (χ1v) is 6.24. The molecule has 1 aromatic carbocycles. The standard InChI is InChI=1S/C14H19NO3/c1-2-3-5-10-12(14(17)18)15-13(16)11-8-6-4-7-9-11/h4,6-9,12H,2-3,5,10H2,1H3,(H,15,16)(H,17,18). The molecule has 18 heavy (non-hydrogen) atoms. The molecule has 0 aliphatic rings. The zero-order chi connectivity index (χ0) is 13.4. The number of carboxylic acids is 1. The molecule has 0 radical (unpaired) electrons. The molecule has 0 bridgehead atoms. The lowest BCUT2D eigenvalue weighted by Crippen LogP contribution is -2.40. The molecule has 1 atom stereocenters. The van der Waals surface area contributed by atoms with Crippen molar-refractivity contribution in [2.24, 2.45) is 0 Å². The van der Waals surface area contributed by atoms with Gasteiger partial charge in [0.2, 0.25) is 0 Å². The molecule has 0 aliphatic carbocycles. The summed E-state index contributed by atoms with van der Waals surface area (Å²) in [6.45, 7) is 2.05. The number of carboxylic acid groups (broad SMARTS) is 1. The predicted molar refractivity (Wildman–Crippen MR) is 69.5 cm³/mol. The van der Waals surface area contributed by atoms with E-state index in [1.165, 1.54) is 0 Å². The molecule has 0 heterocycles. The average Bonchev–Trinajstić information content (AvgIpc) is 2.38. The third-order valence-electron chi connectivity index (χ3n) is 2.74. The quantitative estimate of drug-likeness (QED) is 0.729. The number of rotatable bonds is 7. The number of carbonyl (C=O) groups is 2. The van der Waals surface area contributed by atoms with Gasteiger partial charge in [0.25, 0.3) is 5.91 Å². The van der Waals surface area contributed by atoms with E-state index in [0.29, 0.717) is 12.0 Å². The van der Waals surface area contributed by atoms with Gasteiger partial charge in [-0.2, -0.15) is 0 Å². The van der Waals surface area contributed by atoms with Crippen LogP contribution in [0, 0.1) is 0 Å². The van der Waals surface area contributed by atoms with Crippen LogP contribution in [-0.4, -0.2) is 23.0 Å². The molecule has 1 unspecified atom stereocenters. The maximum absolute atomic E-state index is 11.8. The van der Waals surface area contributed by atoms with E-state index in [1.54, 1.807) is 24.3 Å². The van der Waals surface area contributed by atoms with Crippen LogP contribution in [0.4, 0.5) is 0 Å². The maximum Gasteiger partial charge on any atom is 0.326 e. The van der Waals surface area contributed by atoms with Gasteiger partial charge in [0, 0.05) is 5.56 Å². The van der Waals surface area contributed by atoms with E-state index >= 15 is 0 Å². The second kappa shape index (κ2) is 7.48. The van der Waals surface area contributed by atoms with Crippen LogP contribution >= 0.6 is 0 Å². The Kier molecular flexibility index (Phi) is 5.91. The molecule has 2 N–H and O–H groups in total. The van der Waals surface area contributed by atoms with E-state index in [2.05, 4.69) is 12.2 Å². The van der Waals surface area contributed by atoms with Gasteiger partial charge in [0.05, 0.1) is 0 Å². The van der Waals surface area contributed by atoms with Crippen molar-refractivity contribution in [1.82, 2.24) is 5.32 Å². The van der Waals surface area contributed by atoms with Gasteiger partial charge in [-0.25, -0.2) is 4.79 Å². The Bertz CT molecular complexity index is 389. The Morgan fingerprint density at radius 2 is 1.89 bits per heavy atom. The van der Waals surface area contributed by atoms with Gasteiger partial charge in [0.1, 0.15) is 6.04 Å². The van der Waals surface area contributed by atoms with Crippen molar-refractivity contribution in [3.05, 3.63) is 35.9 Å². The summed E-state index contributed by atoms with van der Waals surface area (Å²) >= 11 is 0. The molecule has 4 nitrogen and oxygen atoms in total. The van der Waals surface area contributed by atoms with Crippen molar-refractivity contribution in [2.75, 3.05) is 0 Å². The highest BCUT2D eigenvalue weighted by Gasteiger charge is 2.19. The first-order valence-electron chi connectivity index (χ1n) is 6.24. The topological polar surface area (TPSA) is 66.4 Å². The minimum Gasteiger partial charge on any atom is -0.480 e. The van der Waals surface area contributed by atoms with Crippen LogP contribution < -0.4 is 5.32 Å². The SMILES string of the molecule is CCCCCC(NC(=O)c1ccccc1)C(=O)O. The fourth-order valence-corrected chi connectivity index (χ4v) is 1.69. The van der Waals surface area contributed by atoms with Gasteiger partial charge in [-0.05, 0) is 18.6 Å². The number of benzene rings is 1. The maximum atomic E-state index is 11.8. The van der Waals surface area contributed by atoms with E-state index in [0.717, 1.165) is 19.3 Å². The monoisotopic (exact) mass is 249 g/mol. The smallest absolute Gasteiger partial charge is 0.326 e. The average molecular weight is 249 g/mol. The third-order valence-corrected chi connectivity index (χ3v) is 2.74. The van der Waals surface area contributed by atoms with Crippen LogP contribution in [0.2, 0.25) is 0 Å². The molecule has 98 valence electrons. The Hall–Kier alpha value is -1.84. The van der Waals surface area contributed by atoms with E-state index in [-0.39, 0.29) is 5.91 Å². The van der Waals surface area contributed by atoms with Gasteiger partial charge >= 0.3 is 5.97 Å². The Balaban J connectivity index is 2.55. The molecular formula is C14H19NO3. The Labute approximate surface area is 107 Å². The number of hydrogen-bond acceptors (Lipinski definition) is 2. The van der Waals surface area contributed by atoms with Crippen LogP contribution in [0.15, 0.2) is 30.3 Å². The molecule has 0 saturated heterocycles. The van der Waals surface area contributed by atoms with E-state index in [9.17, 15) is 9.59 Å². The van der Waals surface area contributed by atoms with Gasteiger partial charge in [-0.1, -0.05) is 44.4 Å². The summed E-state index contributed by atoms with van der Waals surface area (Å²) < 4.78 is 0. The number of nitrogens with one attached hydrogen (secondary N) is 1. The minimum absolute atomic E-state index is 0.334. The first kappa shape index (κ1) is 14.2. The Morgan fingerprint density at radius 3 is 2.44 bits per heavy atom. The third kappa shape index (κ3) is 4.57. The van der Waals surface area contributed by atoms with Crippen molar-refractivity contribution in [1.29, 1.82) is 0 Å². The number of aliphatic carboxylic acids is 1. The predicted octanol–water partition coefficient (Wildman–Crippen LogP) is 2.45. The van der Waals surface area contributed by atoms with E-state index in [1.807, 2.05) is 6.07 Å². The zero-order valence-electron chi connectivity index (χ0n) is 10.6. The molecule has 0 aromatic heterocycles. The van der Waals surface area contributed by atoms with Crippen molar-refractivity contribution < 1.29 is 14.7 Å².